The van der Waals surface area contributed by atoms with Crippen LogP contribution in [-0.4, -0.2) is 9.97 Å². The monoisotopic (exact) mass is 429 g/mol. The molecule has 1 N–H and O–H groups in total. The lowest BCUT2D eigenvalue weighted by Gasteiger charge is -2.07. The van der Waals surface area contributed by atoms with Crippen molar-refractivity contribution in [3.63, 3.8) is 0 Å². The number of para-hydroxylation sites is 2. The summed E-state index contributed by atoms with van der Waals surface area (Å²) in [7, 11) is 0. The highest BCUT2D eigenvalue weighted by atomic mass is 79.9. The van der Waals surface area contributed by atoms with Crippen molar-refractivity contribution in [3.05, 3.63) is 94.2 Å². The molecule has 0 unspecified atom stereocenters. The van der Waals surface area contributed by atoms with Crippen LogP contribution >= 0.6 is 15.9 Å². The standard InChI is InChI=1S/C23H16BrN3O/c24-19-9-5-17(6-10-19)15-28-20-11-7-16(8-12-20)13-18(14-25)23-26-21-3-1-2-4-22(21)27-23/h1-13H,15H2,(H,26,27)/b18-13-. The molecule has 0 radical (unpaired) electrons. The minimum atomic E-state index is 0.486. The number of hydrogen-bond donors (Lipinski definition) is 1. The van der Waals surface area contributed by atoms with Gasteiger partial charge in [0.2, 0.25) is 0 Å². The molecule has 0 saturated heterocycles. The number of benzene rings is 3. The summed E-state index contributed by atoms with van der Waals surface area (Å²) >= 11 is 3.43. The fraction of sp³-hybridized carbons (Fsp3) is 0.0435. The van der Waals surface area contributed by atoms with Crippen LogP contribution in [0.2, 0.25) is 0 Å². The minimum Gasteiger partial charge on any atom is -0.489 e. The predicted molar refractivity (Wildman–Crippen MR) is 114 cm³/mol. The zero-order valence-corrected chi connectivity index (χ0v) is 16.5. The van der Waals surface area contributed by atoms with E-state index in [1.54, 1.807) is 0 Å². The SMILES string of the molecule is N#C/C(=C/c1ccc(OCc2ccc(Br)cc2)cc1)c1nc2ccccc2[nH]1. The molecule has 0 atom stereocenters. The number of hydrogen-bond acceptors (Lipinski definition) is 3. The first-order valence-corrected chi connectivity index (χ1v) is 9.55. The Balaban J connectivity index is 1.49. The highest BCUT2D eigenvalue weighted by Crippen LogP contribution is 2.21. The Morgan fingerprint density at radius 2 is 1.79 bits per heavy atom. The maximum atomic E-state index is 9.54. The van der Waals surface area contributed by atoms with Crippen LogP contribution in [0.25, 0.3) is 22.7 Å². The Hall–Kier alpha value is -3.36. The van der Waals surface area contributed by atoms with Crippen molar-refractivity contribution in [1.82, 2.24) is 9.97 Å². The van der Waals surface area contributed by atoms with Crippen molar-refractivity contribution in [3.8, 4) is 11.8 Å². The van der Waals surface area contributed by atoms with E-state index in [0.29, 0.717) is 18.0 Å². The van der Waals surface area contributed by atoms with Gasteiger partial charge < -0.3 is 9.72 Å². The largest absolute Gasteiger partial charge is 0.489 e. The highest BCUT2D eigenvalue weighted by molar-refractivity contribution is 9.10. The summed E-state index contributed by atoms with van der Waals surface area (Å²) in [4.78, 5) is 7.68. The molecule has 0 amide bonds. The topological polar surface area (TPSA) is 61.7 Å². The zero-order chi connectivity index (χ0) is 19.3. The normalized spacial score (nSPS) is 11.4. The van der Waals surface area contributed by atoms with Gasteiger partial charge >= 0.3 is 0 Å². The number of H-pyrrole nitrogens is 1. The number of ether oxygens (including phenoxy) is 1. The van der Waals surface area contributed by atoms with E-state index in [0.717, 1.165) is 32.4 Å². The molecule has 0 bridgehead atoms. The molecule has 4 nitrogen and oxygen atoms in total. The first kappa shape index (κ1) is 18.0. The van der Waals surface area contributed by atoms with E-state index in [2.05, 4.69) is 32.0 Å². The molecule has 1 heterocycles. The van der Waals surface area contributed by atoms with Crippen LogP contribution in [0.5, 0.6) is 5.75 Å². The smallest absolute Gasteiger partial charge is 0.149 e. The summed E-state index contributed by atoms with van der Waals surface area (Å²) < 4.78 is 6.87. The van der Waals surface area contributed by atoms with Gasteiger partial charge in [0.05, 0.1) is 16.6 Å². The van der Waals surface area contributed by atoms with Gasteiger partial charge in [0.25, 0.3) is 0 Å². The Morgan fingerprint density at radius 3 is 2.50 bits per heavy atom. The second-order valence-electron chi connectivity index (χ2n) is 6.26. The van der Waals surface area contributed by atoms with Gasteiger partial charge in [0, 0.05) is 4.47 Å². The highest BCUT2D eigenvalue weighted by Gasteiger charge is 2.07. The average molecular weight is 430 g/mol. The van der Waals surface area contributed by atoms with Gasteiger partial charge in [-0.05, 0) is 53.6 Å². The number of nitrogens with one attached hydrogen (secondary N) is 1. The van der Waals surface area contributed by atoms with Crippen LogP contribution in [0.4, 0.5) is 0 Å². The average Bonchev–Trinajstić information content (AvgIpc) is 3.16. The van der Waals surface area contributed by atoms with Gasteiger partial charge in [-0.2, -0.15) is 5.26 Å². The van der Waals surface area contributed by atoms with Crippen molar-refractivity contribution in [2.75, 3.05) is 0 Å². The van der Waals surface area contributed by atoms with Gasteiger partial charge in [0.1, 0.15) is 24.3 Å². The number of imidazole rings is 1. The van der Waals surface area contributed by atoms with Crippen molar-refractivity contribution < 1.29 is 4.74 Å². The van der Waals surface area contributed by atoms with Crippen LogP contribution in [0.1, 0.15) is 17.0 Å². The number of aromatic nitrogens is 2. The third kappa shape index (κ3) is 4.13. The number of fused-ring (bicyclic) bond motifs is 1. The van der Waals surface area contributed by atoms with E-state index >= 15 is 0 Å². The van der Waals surface area contributed by atoms with Gasteiger partial charge in [0.15, 0.2) is 0 Å². The Kier molecular flexibility index (Phi) is 5.22. The van der Waals surface area contributed by atoms with Crippen LogP contribution in [0.3, 0.4) is 0 Å². The minimum absolute atomic E-state index is 0.486. The lowest BCUT2D eigenvalue weighted by atomic mass is 10.1. The second-order valence-corrected chi connectivity index (χ2v) is 7.17. The summed E-state index contributed by atoms with van der Waals surface area (Å²) in [6.45, 7) is 0.505. The Labute approximate surface area is 171 Å². The van der Waals surface area contributed by atoms with Crippen molar-refractivity contribution in [2.24, 2.45) is 0 Å². The number of rotatable bonds is 5. The van der Waals surface area contributed by atoms with Gasteiger partial charge in [-0.1, -0.05) is 52.3 Å². The molecule has 0 spiro atoms. The molecule has 0 fully saturated rings. The number of aromatic amines is 1. The maximum Gasteiger partial charge on any atom is 0.149 e. The molecule has 0 saturated carbocycles. The molecule has 0 aliphatic heterocycles. The molecular formula is C23H16BrN3O. The number of halogens is 1. The number of nitriles is 1. The lowest BCUT2D eigenvalue weighted by Crippen LogP contribution is -1.95. The first-order valence-electron chi connectivity index (χ1n) is 8.75. The molecular weight excluding hydrogens is 414 g/mol. The third-order valence-corrected chi connectivity index (χ3v) is 4.80. The molecule has 0 aliphatic carbocycles. The van der Waals surface area contributed by atoms with Gasteiger partial charge in [-0.25, -0.2) is 4.98 Å². The summed E-state index contributed by atoms with van der Waals surface area (Å²) in [6, 6.07) is 25.6. The van der Waals surface area contributed by atoms with E-state index in [1.165, 1.54) is 0 Å². The van der Waals surface area contributed by atoms with E-state index in [1.807, 2.05) is 78.9 Å². The fourth-order valence-corrected chi connectivity index (χ4v) is 3.07. The predicted octanol–water partition coefficient (Wildman–Crippen LogP) is 5.97. The number of nitrogens with zero attached hydrogens (tertiary/aromatic N) is 2. The summed E-state index contributed by atoms with van der Waals surface area (Å²) in [5.74, 6) is 1.35. The summed E-state index contributed by atoms with van der Waals surface area (Å²) in [5, 5.41) is 9.54. The quantitative estimate of drug-likeness (QED) is 0.397. The molecule has 28 heavy (non-hydrogen) atoms. The van der Waals surface area contributed by atoms with Crippen molar-refractivity contribution >= 4 is 38.6 Å². The van der Waals surface area contributed by atoms with Crippen molar-refractivity contribution in [2.45, 2.75) is 6.61 Å². The van der Waals surface area contributed by atoms with E-state index < -0.39 is 0 Å². The first-order chi connectivity index (χ1) is 13.7. The lowest BCUT2D eigenvalue weighted by molar-refractivity contribution is 0.306. The third-order valence-electron chi connectivity index (χ3n) is 4.27. The van der Waals surface area contributed by atoms with Crippen LogP contribution in [-0.2, 0) is 6.61 Å². The Morgan fingerprint density at radius 1 is 1.04 bits per heavy atom. The van der Waals surface area contributed by atoms with Crippen molar-refractivity contribution in [1.29, 1.82) is 5.26 Å². The Bertz CT molecular complexity index is 1140. The van der Waals surface area contributed by atoms with Crippen LogP contribution < -0.4 is 4.74 Å². The zero-order valence-electron chi connectivity index (χ0n) is 14.9. The molecule has 4 rings (SSSR count). The van der Waals surface area contributed by atoms with E-state index in [4.69, 9.17) is 4.74 Å². The molecule has 3 aromatic carbocycles. The van der Waals surface area contributed by atoms with E-state index in [9.17, 15) is 5.26 Å². The molecule has 0 aliphatic rings. The molecule has 5 heteroatoms. The van der Waals surface area contributed by atoms with E-state index in [-0.39, 0.29) is 0 Å². The van der Waals surface area contributed by atoms with Gasteiger partial charge in [-0.3, -0.25) is 0 Å². The number of allylic oxidation sites excluding steroid dienone is 1. The van der Waals surface area contributed by atoms with Crippen LogP contribution in [0, 0.1) is 11.3 Å². The molecule has 1 aromatic heterocycles. The molecule has 136 valence electrons. The fourth-order valence-electron chi connectivity index (χ4n) is 2.81. The maximum absolute atomic E-state index is 9.54. The van der Waals surface area contributed by atoms with Crippen LogP contribution in [0.15, 0.2) is 77.3 Å². The second kappa shape index (κ2) is 8.12. The summed E-state index contributed by atoms with van der Waals surface area (Å²) in [5.41, 5.74) is 4.25. The summed E-state index contributed by atoms with van der Waals surface area (Å²) in [6.07, 6.45) is 1.82. The molecule has 4 aromatic rings. The van der Waals surface area contributed by atoms with Gasteiger partial charge in [-0.15, -0.1) is 0 Å².